The number of nitriles is 1. The minimum atomic E-state index is -4.97. The van der Waals surface area contributed by atoms with Gasteiger partial charge in [-0.25, -0.2) is 4.98 Å². The predicted octanol–water partition coefficient (Wildman–Crippen LogP) is 3.01. The predicted molar refractivity (Wildman–Crippen MR) is 115 cm³/mol. The largest absolute Gasteiger partial charge is 0.432 e. The number of alkyl halides is 3. The number of aromatic nitrogens is 5. The summed E-state index contributed by atoms with van der Waals surface area (Å²) in [5, 5.41) is 29.1. The Morgan fingerprint density at radius 2 is 1.97 bits per heavy atom. The molecule has 3 aromatic heterocycles. The standard InChI is InChI=1S/C21H14F3N9O/c22-21(23,24)18(32-17-4-5-27-16-3-1-2-14(16)17)15(10-26)20(34)31-13-8-12(9-25)19(28-11-13)33-29-6-7-30-33/h1,3-8,10-11,26H,2H2,(H,27,32)(H,31,34)/b18-15+,26-10?. The lowest BCUT2D eigenvalue weighted by molar-refractivity contribution is -0.114. The van der Waals surface area contributed by atoms with E-state index < -0.39 is 23.4 Å². The molecule has 3 aromatic rings. The molecule has 1 amide bonds. The average molecular weight is 465 g/mol. The highest BCUT2D eigenvalue weighted by molar-refractivity contribution is 6.18. The van der Waals surface area contributed by atoms with Gasteiger partial charge in [0.15, 0.2) is 5.82 Å². The van der Waals surface area contributed by atoms with Crippen LogP contribution in [0.4, 0.5) is 24.5 Å². The van der Waals surface area contributed by atoms with Crippen LogP contribution in [-0.4, -0.2) is 43.3 Å². The maximum absolute atomic E-state index is 13.9. The fourth-order valence-electron chi connectivity index (χ4n) is 3.24. The summed E-state index contributed by atoms with van der Waals surface area (Å²) in [6, 6.07) is 4.45. The monoisotopic (exact) mass is 465 g/mol. The third-order valence-corrected chi connectivity index (χ3v) is 4.74. The third kappa shape index (κ3) is 4.37. The summed E-state index contributed by atoms with van der Waals surface area (Å²) in [6.45, 7) is 0. The molecule has 1 aliphatic rings. The Bertz CT molecular complexity index is 1370. The molecule has 0 fully saturated rings. The summed E-state index contributed by atoms with van der Waals surface area (Å²) in [5.41, 5.74) is -1.25. The third-order valence-electron chi connectivity index (χ3n) is 4.74. The first-order valence-corrected chi connectivity index (χ1v) is 9.63. The van der Waals surface area contributed by atoms with Gasteiger partial charge in [0.25, 0.3) is 5.91 Å². The molecule has 0 saturated heterocycles. The molecule has 10 nitrogen and oxygen atoms in total. The lowest BCUT2D eigenvalue weighted by Gasteiger charge is -2.19. The van der Waals surface area contributed by atoms with E-state index in [0.29, 0.717) is 23.9 Å². The van der Waals surface area contributed by atoms with Crippen LogP contribution in [-0.2, 0) is 11.2 Å². The summed E-state index contributed by atoms with van der Waals surface area (Å²) in [4.78, 5) is 21.9. The zero-order valence-electron chi connectivity index (χ0n) is 17.1. The highest BCUT2D eigenvalue weighted by Gasteiger charge is 2.39. The molecular weight excluding hydrogens is 451 g/mol. The second-order valence-electron chi connectivity index (χ2n) is 6.86. The molecule has 34 heavy (non-hydrogen) atoms. The first kappa shape index (κ1) is 22.3. The van der Waals surface area contributed by atoms with Crippen molar-refractivity contribution in [3.8, 4) is 11.9 Å². The summed E-state index contributed by atoms with van der Waals surface area (Å²) in [7, 11) is 0. The summed E-state index contributed by atoms with van der Waals surface area (Å²) in [5.74, 6) is -1.14. The molecule has 4 rings (SSSR count). The van der Waals surface area contributed by atoms with Gasteiger partial charge in [0.1, 0.15) is 17.3 Å². The zero-order chi connectivity index (χ0) is 24.3. The normalized spacial score (nSPS) is 13.0. The number of carbonyl (C=O) groups excluding carboxylic acids is 1. The maximum Gasteiger partial charge on any atom is 0.432 e. The van der Waals surface area contributed by atoms with Crippen LogP contribution in [0, 0.1) is 16.7 Å². The van der Waals surface area contributed by atoms with E-state index in [2.05, 4.69) is 30.8 Å². The number of hydrogen-bond acceptors (Lipinski definition) is 8. The van der Waals surface area contributed by atoms with E-state index in [9.17, 15) is 23.2 Å². The fourth-order valence-corrected chi connectivity index (χ4v) is 3.24. The molecule has 3 heterocycles. The Hall–Kier alpha value is -4.86. The number of carbonyl (C=O) groups is 1. The molecule has 0 bridgehead atoms. The van der Waals surface area contributed by atoms with E-state index in [-0.39, 0.29) is 22.8 Å². The number of nitrogens with zero attached hydrogens (tertiary/aromatic N) is 6. The molecule has 0 unspecified atom stereocenters. The molecule has 3 N–H and O–H groups in total. The van der Waals surface area contributed by atoms with E-state index in [4.69, 9.17) is 5.41 Å². The van der Waals surface area contributed by atoms with E-state index in [1.54, 1.807) is 12.2 Å². The van der Waals surface area contributed by atoms with Crippen LogP contribution < -0.4 is 10.6 Å². The first-order chi connectivity index (χ1) is 16.3. The molecule has 0 saturated carbocycles. The van der Waals surface area contributed by atoms with Crippen molar-refractivity contribution in [2.45, 2.75) is 12.6 Å². The van der Waals surface area contributed by atoms with Crippen molar-refractivity contribution in [2.75, 3.05) is 10.6 Å². The number of halogens is 3. The molecule has 0 aliphatic heterocycles. The lowest BCUT2D eigenvalue weighted by Crippen LogP contribution is -2.28. The van der Waals surface area contributed by atoms with Crippen LogP contribution in [0.1, 0.15) is 16.8 Å². The van der Waals surface area contributed by atoms with Crippen molar-refractivity contribution >= 4 is 29.6 Å². The van der Waals surface area contributed by atoms with Crippen LogP contribution in [0.3, 0.4) is 0 Å². The Kier molecular flexibility index (Phi) is 5.88. The molecule has 0 aromatic carbocycles. The average Bonchev–Trinajstić information content (AvgIpc) is 3.50. The number of allylic oxidation sites excluding steroid dienone is 2. The van der Waals surface area contributed by atoms with Gasteiger partial charge in [-0.1, -0.05) is 6.08 Å². The van der Waals surface area contributed by atoms with Gasteiger partial charge in [-0.3, -0.25) is 9.78 Å². The topological polar surface area (TPSA) is 145 Å². The van der Waals surface area contributed by atoms with Crippen LogP contribution >= 0.6 is 0 Å². The number of hydrogen-bond donors (Lipinski definition) is 3. The minimum Gasteiger partial charge on any atom is -0.350 e. The van der Waals surface area contributed by atoms with Crippen LogP contribution in [0.2, 0.25) is 0 Å². The summed E-state index contributed by atoms with van der Waals surface area (Å²) in [6.07, 6.45) is 4.39. The van der Waals surface area contributed by atoms with Gasteiger partial charge in [0.05, 0.1) is 35.5 Å². The molecule has 0 atom stereocenters. The van der Waals surface area contributed by atoms with Gasteiger partial charge in [-0.15, -0.1) is 4.80 Å². The Morgan fingerprint density at radius 3 is 2.65 bits per heavy atom. The van der Waals surface area contributed by atoms with E-state index in [1.807, 2.05) is 6.07 Å². The van der Waals surface area contributed by atoms with Gasteiger partial charge in [0, 0.05) is 23.7 Å². The van der Waals surface area contributed by atoms with Gasteiger partial charge < -0.3 is 16.0 Å². The number of pyridine rings is 2. The number of amides is 1. The molecule has 0 radical (unpaired) electrons. The van der Waals surface area contributed by atoms with Crippen molar-refractivity contribution in [3.63, 3.8) is 0 Å². The lowest BCUT2D eigenvalue weighted by atomic mass is 10.1. The molecule has 13 heteroatoms. The quantitative estimate of drug-likeness (QED) is 0.375. The van der Waals surface area contributed by atoms with Gasteiger partial charge in [-0.2, -0.15) is 28.6 Å². The molecule has 170 valence electrons. The SMILES string of the molecule is N#Cc1cc(NC(=O)/C(C=N)=C(/Nc2ccnc3c2CC=C3)C(F)(F)F)cnc1-n1nccn1. The minimum absolute atomic E-state index is 0.0246. The van der Waals surface area contributed by atoms with Crippen LogP contribution in [0.25, 0.3) is 11.9 Å². The number of fused-ring (bicyclic) bond motifs is 1. The van der Waals surface area contributed by atoms with E-state index in [1.165, 1.54) is 30.7 Å². The molecule has 1 aliphatic carbocycles. The van der Waals surface area contributed by atoms with E-state index in [0.717, 1.165) is 11.0 Å². The van der Waals surface area contributed by atoms with Crippen LogP contribution in [0.5, 0.6) is 0 Å². The zero-order valence-corrected chi connectivity index (χ0v) is 17.1. The summed E-state index contributed by atoms with van der Waals surface area (Å²) >= 11 is 0. The Labute approximate surface area is 190 Å². The number of nitrogens with one attached hydrogen (secondary N) is 3. The highest BCUT2D eigenvalue weighted by Crippen LogP contribution is 2.33. The van der Waals surface area contributed by atoms with Crippen molar-refractivity contribution < 1.29 is 18.0 Å². The van der Waals surface area contributed by atoms with E-state index >= 15 is 0 Å². The Balaban J connectivity index is 1.67. The second kappa shape index (κ2) is 8.94. The number of rotatable bonds is 6. The van der Waals surface area contributed by atoms with Crippen LogP contribution in [0.15, 0.2) is 54.3 Å². The van der Waals surface area contributed by atoms with Gasteiger partial charge in [-0.05, 0) is 24.6 Å². The fraction of sp³-hybridized carbons (Fsp3) is 0.0952. The molecule has 0 spiro atoms. The number of anilines is 2. The molecular formula is C21H14F3N9O. The smallest absolute Gasteiger partial charge is 0.350 e. The maximum atomic E-state index is 13.9. The van der Waals surface area contributed by atoms with Crippen molar-refractivity contribution in [1.29, 1.82) is 10.7 Å². The van der Waals surface area contributed by atoms with Gasteiger partial charge >= 0.3 is 6.18 Å². The Morgan fingerprint density at radius 1 is 1.21 bits per heavy atom. The van der Waals surface area contributed by atoms with Crippen molar-refractivity contribution in [2.24, 2.45) is 0 Å². The van der Waals surface area contributed by atoms with Crippen molar-refractivity contribution in [3.05, 3.63) is 71.1 Å². The summed E-state index contributed by atoms with van der Waals surface area (Å²) < 4.78 is 41.7. The van der Waals surface area contributed by atoms with Gasteiger partial charge in [0.2, 0.25) is 0 Å². The second-order valence-corrected chi connectivity index (χ2v) is 6.86. The highest BCUT2D eigenvalue weighted by atomic mass is 19.4. The first-order valence-electron chi connectivity index (χ1n) is 9.63. The van der Waals surface area contributed by atoms with Crippen molar-refractivity contribution in [1.82, 2.24) is 25.0 Å².